The number of nitrogens with zero attached hydrogens (tertiary/aromatic N) is 4. The molecule has 154 valence electrons. The summed E-state index contributed by atoms with van der Waals surface area (Å²) >= 11 is 1.11. The summed E-state index contributed by atoms with van der Waals surface area (Å²) in [4.78, 5) is 24.9. The summed E-state index contributed by atoms with van der Waals surface area (Å²) < 4.78 is 40.9. The monoisotopic (exact) mass is 431 g/mol. The van der Waals surface area contributed by atoms with Crippen molar-refractivity contribution in [2.24, 2.45) is 10.7 Å². The molecule has 1 atom stereocenters. The second-order valence-corrected chi connectivity index (χ2v) is 8.12. The molecule has 0 saturated heterocycles. The Hall–Kier alpha value is -3.19. The van der Waals surface area contributed by atoms with Crippen LogP contribution >= 0.6 is 11.8 Å². The molecule has 2 aromatic rings. The molecule has 0 saturated carbocycles. The third-order valence-corrected chi connectivity index (χ3v) is 5.22. The highest BCUT2D eigenvalue weighted by Gasteiger charge is 2.43. The molecule has 30 heavy (non-hydrogen) atoms. The summed E-state index contributed by atoms with van der Waals surface area (Å²) in [5, 5.41) is 8.92. The SMILES string of the molecule is C=C1CC(C)(c2cc(CC(=O)c3ccc(C#N)cn3)cnc2C(F)(F)F)N=C(N)S1. The van der Waals surface area contributed by atoms with E-state index < -0.39 is 23.2 Å². The minimum atomic E-state index is -4.70. The van der Waals surface area contributed by atoms with Gasteiger partial charge in [0.15, 0.2) is 11.0 Å². The highest BCUT2D eigenvalue weighted by Crippen LogP contribution is 2.44. The number of amidine groups is 1. The molecule has 10 heteroatoms. The molecule has 0 bridgehead atoms. The van der Waals surface area contributed by atoms with Crippen LogP contribution in [0.25, 0.3) is 0 Å². The number of aliphatic imine (C=N–C) groups is 1. The number of carbonyl (C=O) groups is 1. The van der Waals surface area contributed by atoms with E-state index in [1.807, 2.05) is 6.07 Å². The lowest BCUT2D eigenvalue weighted by Gasteiger charge is -2.32. The summed E-state index contributed by atoms with van der Waals surface area (Å²) in [6.45, 7) is 5.35. The van der Waals surface area contributed by atoms with Crippen LogP contribution in [0.1, 0.15) is 46.2 Å². The van der Waals surface area contributed by atoms with E-state index in [9.17, 15) is 18.0 Å². The predicted octanol–water partition coefficient (Wildman–Crippen LogP) is 3.97. The third-order valence-electron chi connectivity index (χ3n) is 4.48. The van der Waals surface area contributed by atoms with Crippen LogP contribution in [-0.4, -0.2) is 20.9 Å². The number of hydrogen-bond acceptors (Lipinski definition) is 7. The third kappa shape index (κ3) is 4.52. The predicted molar refractivity (Wildman–Crippen MR) is 107 cm³/mol. The number of alkyl halides is 3. The maximum Gasteiger partial charge on any atom is 0.433 e. The van der Waals surface area contributed by atoms with Crippen molar-refractivity contribution in [3.05, 3.63) is 70.2 Å². The van der Waals surface area contributed by atoms with Crippen LogP contribution in [0.2, 0.25) is 0 Å². The fourth-order valence-electron chi connectivity index (χ4n) is 3.17. The zero-order valence-electron chi connectivity index (χ0n) is 15.8. The standard InChI is InChI=1S/C20H16F3N5OS/c1-11-7-19(2,28-18(25)30-11)14-5-13(10-27-17(14)20(21,22)23)6-16(29)15-4-3-12(8-24)9-26-15/h3-5,9-10H,1,6-7H2,2H3,(H2,25,28). The Labute approximate surface area is 174 Å². The lowest BCUT2D eigenvalue weighted by atomic mass is 9.86. The van der Waals surface area contributed by atoms with Crippen LogP contribution in [0, 0.1) is 11.3 Å². The van der Waals surface area contributed by atoms with Crippen molar-refractivity contribution in [3.63, 3.8) is 0 Å². The molecule has 1 aliphatic rings. The van der Waals surface area contributed by atoms with E-state index in [0.717, 1.165) is 18.0 Å². The quantitative estimate of drug-likeness (QED) is 0.735. The smallest absolute Gasteiger partial charge is 0.378 e. The topological polar surface area (TPSA) is 105 Å². The molecular formula is C20H16F3N5OS. The normalized spacial score (nSPS) is 19.2. The molecular weight excluding hydrogens is 415 g/mol. The van der Waals surface area contributed by atoms with E-state index in [4.69, 9.17) is 11.0 Å². The van der Waals surface area contributed by atoms with Gasteiger partial charge in [-0.1, -0.05) is 18.3 Å². The maximum absolute atomic E-state index is 13.6. The molecule has 0 aliphatic carbocycles. The van der Waals surface area contributed by atoms with Gasteiger partial charge in [0.25, 0.3) is 0 Å². The van der Waals surface area contributed by atoms with Gasteiger partial charge in [-0.3, -0.25) is 19.8 Å². The first-order valence-corrected chi connectivity index (χ1v) is 9.50. The average molecular weight is 431 g/mol. The van der Waals surface area contributed by atoms with Crippen molar-refractivity contribution in [1.29, 1.82) is 5.26 Å². The number of pyridine rings is 2. The number of carbonyl (C=O) groups excluding carboxylic acids is 1. The number of thioether (sulfide) groups is 1. The fraction of sp³-hybridized carbons (Fsp3) is 0.250. The largest absolute Gasteiger partial charge is 0.433 e. The van der Waals surface area contributed by atoms with Gasteiger partial charge in [-0.15, -0.1) is 0 Å². The second kappa shape index (κ2) is 7.91. The van der Waals surface area contributed by atoms with E-state index in [1.54, 1.807) is 0 Å². The van der Waals surface area contributed by atoms with Gasteiger partial charge in [-0.05, 0) is 35.6 Å². The van der Waals surface area contributed by atoms with Gasteiger partial charge in [0, 0.05) is 30.8 Å². The number of aromatic nitrogens is 2. The Balaban J connectivity index is 2.01. The zero-order valence-corrected chi connectivity index (χ0v) is 16.6. The molecule has 2 aromatic heterocycles. The molecule has 0 spiro atoms. The highest BCUT2D eigenvalue weighted by molar-refractivity contribution is 8.17. The molecule has 6 nitrogen and oxygen atoms in total. The summed E-state index contributed by atoms with van der Waals surface area (Å²) in [6, 6.07) is 6.03. The van der Waals surface area contributed by atoms with Crippen molar-refractivity contribution in [2.45, 2.75) is 31.5 Å². The minimum Gasteiger partial charge on any atom is -0.378 e. The van der Waals surface area contributed by atoms with Gasteiger partial charge in [-0.2, -0.15) is 18.4 Å². The van der Waals surface area contributed by atoms with Crippen LogP contribution in [0.4, 0.5) is 13.2 Å². The van der Waals surface area contributed by atoms with Gasteiger partial charge >= 0.3 is 6.18 Å². The van der Waals surface area contributed by atoms with Gasteiger partial charge in [0.2, 0.25) is 0 Å². The number of halogens is 3. The lowest BCUT2D eigenvalue weighted by molar-refractivity contribution is -0.142. The first-order chi connectivity index (χ1) is 14.0. The summed E-state index contributed by atoms with van der Waals surface area (Å²) in [5.41, 5.74) is 3.91. The number of nitrogens with two attached hydrogens (primary N) is 1. The zero-order chi connectivity index (χ0) is 22.1. The molecule has 0 fully saturated rings. The van der Waals surface area contributed by atoms with Crippen molar-refractivity contribution in [2.75, 3.05) is 0 Å². The molecule has 3 rings (SSSR count). The minimum absolute atomic E-state index is 0.103. The summed E-state index contributed by atoms with van der Waals surface area (Å²) in [7, 11) is 0. The van der Waals surface area contributed by atoms with E-state index in [2.05, 4.69) is 21.5 Å². The molecule has 0 aromatic carbocycles. The number of ketones is 1. The number of nitriles is 1. The maximum atomic E-state index is 13.6. The average Bonchev–Trinajstić information content (AvgIpc) is 2.66. The Kier molecular flexibility index (Phi) is 5.67. The number of Topliss-reactive ketones (excluding diaryl/α,β-unsaturated/α-hetero) is 1. The summed E-state index contributed by atoms with van der Waals surface area (Å²) in [6.07, 6.45) is -2.48. The Bertz CT molecular complexity index is 1090. The first kappa shape index (κ1) is 21.5. The Morgan fingerprint density at radius 2 is 2.10 bits per heavy atom. The second-order valence-electron chi connectivity index (χ2n) is 6.92. The number of rotatable bonds is 4. The van der Waals surface area contributed by atoms with E-state index >= 15 is 0 Å². The van der Waals surface area contributed by atoms with Crippen LogP contribution in [0.3, 0.4) is 0 Å². The van der Waals surface area contributed by atoms with Crippen LogP contribution in [0.15, 0.2) is 47.1 Å². The van der Waals surface area contributed by atoms with Gasteiger partial charge in [-0.25, -0.2) is 0 Å². The molecule has 1 aliphatic heterocycles. The molecule has 2 N–H and O–H groups in total. The Morgan fingerprint density at radius 1 is 1.37 bits per heavy atom. The fourth-order valence-corrected chi connectivity index (χ4v) is 4.07. The van der Waals surface area contributed by atoms with Gasteiger partial charge in [0.05, 0.1) is 11.1 Å². The van der Waals surface area contributed by atoms with E-state index in [1.165, 1.54) is 31.3 Å². The van der Waals surface area contributed by atoms with Gasteiger partial charge in [0.1, 0.15) is 17.5 Å². The van der Waals surface area contributed by atoms with Crippen LogP contribution < -0.4 is 5.73 Å². The first-order valence-electron chi connectivity index (χ1n) is 8.69. The summed E-state index contributed by atoms with van der Waals surface area (Å²) in [5.74, 6) is -0.413. The number of hydrogen-bond donors (Lipinski definition) is 1. The molecule has 1 unspecified atom stereocenters. The molecule has 0 radical (unpaired) electrons. The highest BCUT2D eigenvalue weighted by atomic mass is 32.2. The van der Waals surface area contributed by atoms with Crippen molar-refractivity contribution >= 4 is 22.7 Å². The van der Waals surface area contributed by atoms with Crippen LogP contribution in [0.5, 0.6) is 0 Å². The van der Waals surface area contributed by atoms with Crippen LogP contribution in [-0.2, 0) is 18.1 Å². The lowest BCUT2D eigenvalue weighted by Crippen LogP contribution is -2.31. The van der Waals surface area contributed by atoms with Crippen molar-refractivity contribution < 1.29 is 18.0 Å². The molecule has 3 heterocycles. The van der Waals surface area contributed by atoms with Crippen molar-refractivity contribution in [1.82, 2.24) is 9.97 Å². The molecule has 0 amide bonds. The van der Waals surface area contributed by atoms with Gasteiger partial charge < -0.3 is 5.73 Å². The Morgan fingerprint density at radius 3 is 2.67 bits per heavy atom. The van der Waals surface area contributed by atoms with E-state index in [0.29, 0.717) is 10.5 Å². The van der Waals surface area contributed by atoms with E-state index in [-0.39, 0.29) is 34.8 Å². The van der Waals surface area contributed by atoms with Crippen molar-refractivity contribution in [3.8, 4) is 6.07 Å².